The van der Waals surface area contributed by atoms with Crippen LogP contribution in [0.25, 0.3) is 0 Å². The smallest absolute Gasteiger partial charge is 0.191 e. The molecule has 1 fully saturated rings. The first kappa shape index (κ1) is 18.6. The molecule has 134 valence electrons. The summed E-state index contributed by atoms with van der Waals surface area (Å²) in [7, 11) is 1.70. The third kappa shape index (κ3) is 6.40. The average Bonchev–Trinajstić information content (AvgIpc) is 3.13. The summed E-state index contributed by atoms with van der Waals surface area (Å²) >= 11 is 0. The number of likely N-dealkylation sites (tertiary alicyclic amines) is 1. The lowest BCUT2D eigenvalue weighted by Crippen LogP contribution is -2.38. The van der Waals surface area contributed by atoms with E-state index in [1.807, 2.05) is 18.2 Å². The van der Waals surface area contributed by atoms with Gasteiger partial charge in [-0.1, -0.05) is 18.2 Å². The highest BCUT2D eigenvalue weighted by atomic mass is 16.5. The molecule has 0 aliphatic carbocycles. The minimum absolute atomic E-state index is 0.618. The van der Waals surface area contributed by atoms with E-state index in [0.29, 0.717) is 6.54 Å². The molecule has 0 aromatic heterocycles. The van der Waals surface area contributed by atoms with Crippen molar-refractivity contribution >= 4 is 5.96 Å². The van der Waals surface area contributed by atoms with Crippen molar-refractivity contribution in [3.05, 3.63) is 29.8 Å². The van der Waals surface area contributed by atoms with E-state index in [2.05, 4.69) is 33.5 Å². The Bertz CT molecular complexity index is 498. The molecule has 0 amide bonds. The van der Waals surface area contributed by atoms with Crippen molar-refractivity contribution in [1.29, 1.82) is 0 Å². The molecule has 1 saturated heterocycles. The Hall–Kier alpha value is -1.75. The molecule has 0 spiro atoms. The van der Waals surface area contributed by atoms with Crippen LogP contribution in [0.4, 0.5) is 0 Å². The number of para-hydroxylation sites is 1. The van der Waals surface area contributed by atoms with Gasteiger partial charge in [0.2, 0.25) is 0 Å². The van der Waals surface area contributed by atoms with Gasteiger partial charge in [0.1, 0.15) is 5.75 Å². The second-order valence-corrected chi connectivity index (χ2v) is 6.19. The van der Waals surface area contributed by atoms with E-state index in [1.165, 1.54) is 45.3 Å². The van der Waals surface area contributed by atoms with Crippen molar-refractivity contribution in [3.63, 3.8) is 0 Å². The summed E-state index contributed by atoms with van der Waals surface area (Å²) in [5.74, 6) is 1.77. The predicted octanol–water partition coefficient (Wildman–Crippen LogP) is 2.63. The van der Waals surface area contributed by atoms with Gasteiger partial charge in [-0.05, 0) is 58.3 Å². The Balaban J connectivity index is 1.73. The average molecular weight is 332 g/mol. The Morgan fingerprint density at radius 2 is 1.96 bits per heavy atom. The maximum absolute atomic E-state index is 5.38. The van der Waals surface area contributed by atoms with Gasteiger partial charge in [0.15, 0.2) is 5.96 Å². The highest BCUT2D eigenvalue weighted by molar-refractivity contribution is 5.79. The van der Waals surface area contributed by atoms with Crippen molar-refractivity contribution in [2.75, 3.05) is 39.8 Å². The second kappa shape index (κ2) is 10.9. The van der Waals surface area contributed by atoms with Gasteiger partial charge in [0.25, 0.3) is 0 Å². The first-order valence-electron chi connectivity index (χ1n) is 9.20. The predicted molar refractivity (Wildman–Crippen MR) is 101 cm³/mol. The molecule has 0 unspecified atom stereocenters. The highest BCUT2D eigenvalue weighted by Gasteiger charge is 2.10. The molecule has 1 aromatic rings. The van der Waals surface area contributed by atoms with E-state index in [9.17, 15) is 0 Å². The van der Waals surface area contributed by atoms with E-state index in [4.69, 9.17) is 4.74 Å². The SMILES string of the molecule is CCNC(=NCc1ccccc1OC)NCCCCN1CCCC1. The number of nitrogens with zero attached hydrogens (tertiary/aromatic N) is 2. The lowest BCUT2D eigenvalue weighted by atomic mass is 10.2. The molecular weight excluding hydrogens is 300 g/mol. The molecule has 24 heavy (non-hydrogen) atoms. The Kier molecular flexibility index (Phi) is 8.46. The molecule has 5 heteroatoms. The van der Waals surface area contributed by atoms with Crippen molar-refractivity contribution in [1.82, 2.24) is 15.5 Å². The van der Waals surface area contributed by atoms with Crippen LogP contribution in [0.2, 0.25) is 0 Å². The number of ether oxygens (including phenoxy) is 1. The zero-order valence-corrected chi connectivity index (χ0v) is 15.2. The van der Waals surface area contributed by atoms with Gasteiger partial charge < -0.3 is 20.3 Å². The van der Waals surface area contributed by atoms with E-state index >= 15 is 0 Å². The number of hydrogen-bond acceptors (Lipinski definition) is 3. The lowest BCUT2D eigenvalue weighted by Gasteiger charge is -2.15. The van der Waals surface area contributed by atoms with Crippen LogP contribution in [-0.2, 0) is 6.54 Å². The van der Waals surface area contributed by atoms with Crippen molar-refractivity contribution in [2.45, 2.75) is 39.2 Å². The normalized spacial score (nSPS) is 15.5. The van der Waals surface area contributed by atoms with E-state index in [0.717, 1.165) is 30.4 Å². The summed E-state index contributed by atoms with van der Waals surface area (Å²) in [6.45, 7) is 8.35. The molecule has 0 bridgehead atoms. The van der Waals surface area contributed by atoms with Crippen LogP contribution in [0.5, 0.6) is 5.75 Å². The monoisotopic (exact) mass is 332 g/mol. The summed E-state index contributed by atoms with van der Waals surface area (Å²) in [4.78, 5) is 7.24. The number of nitrogens with one attached hydrogen (secondary N) is 2. The summed E-state index contributed by atoms with van der Waals surface area (Å²) in [5, 5.41) is 6.74. The number of unbranched alkanes of at least 4 members (excludes halogenated alkanes) is 1. The third-order valence-electron chi connectivity index (χ3n) is 4.34. The number of methoxy groups -OCH3 is 1. The van der Waals surface area contributed by atoms with Crippen LogP contribution in [0, 0.1) is 0 Å². The molecule has 2 N–H and O–H groups in total. The van der Waals surface area contributed by atoms with Crippen molar-refractivity contribution < 1.29 is 4.74 Å². The number of benzene rings is 1. The fraction of sp³-hybridized carbons (Fsp3) is 0.632. The molecule has 1 aromatic carbocycles. The van der Waals surface area contributed by atoms with E-state index in [1.54, 1.807) is 7.11 Å². The fourth-order valence-corrected chi connectivity index (χ4v) is 3.01. The molecule has 5 nitrogen and oxygen atoms in total. The van der Waals surface area contributed by atoms with Gasteiger partial charge in [0.05, 0.1) is 13.7 Å². The van der Waals surface area contributed by atoms with Gasteiger partial charge in [0, 0.05) is 18.7 Å². The summed E-state index contributed by atoms with van der Waals surface area (Å²) in [5.41, 5.74) is 1.10. The molecule has 0 radical (unpaired) electrons. The van der Waals surface area contributed by atoms with Crippen molar-refractivity contribution in [2.24, 2.45) is 4.99 Å². The highest BCUT2D eigenvalue weighted by Crippen LogP contribution is 2.17. The minimum Gasteiger partial charge on any atom is -0.496 e. The molecule has 1 aliphatic rings. The fourth-order valence-electron chi connectivity index (χ4n) is 3.01. The van der Waals surface area contributed by atoms with Gasteiger partial charge in [-0.25, -0.2) is 4.99 Å². The first-order valence-corrected chi connectivity index (χ1v) is 9.20. The Morgan fingerprint density at radius 1 is 1.17 bits per heavy atom. The number of hydrogen-bond donors (Lipinski definition) is 2. The Labute approximate surface area is 146 Å². The molecule has 1 heterocycles. The van der Waals surface area contributed by atoms with Crippen LogP contribution in [0.15, 0.2) is 29.3 Å². The molecule has 0 saturated carbocycles. The zero-order valence-electron chi connectivity index (χ0n) is 15.2. The maximum Gasteiger partial charge on any atom is 0.191 e. The van der Waals surface area contributed by atoms with E-state index < -0.39 is 0 Å². The quantitative estimate of drug-likeness (QED) is 0.415. The number of aliphatic imine (C=N–C) groups is 1. The van der Waals surface area contributed by atoms with Crippen LogP contribution in [0.1, 0.15) is 38.2 Å². The van der Waals surface area contributed by atoms with Gasteiger partial charge >= 0.3 is 0 Å². The van der Waals surface area contributed by atoms with Gasteiger partial charge in [-0.15, -0.1) is 0 Å². The molecular formula is C19H32N4O. The standard InChI is InChI=1S/C19H32N4O/c1-3-20-19(21-12-6-7-13-23-14-8-9-15-23)22-16-17-10-4-5-11-18(17)24-2/h4-5,10-11H,3,6-9,12-16H2,1-2H3,(H2,20,21,22). The van der Waals surface area contributed by atoms with Crippen LogP contribution in [0.3, 0.4) is 0 Å². The largest absolute Gasteiger partial charge is 0.496 e. The van der Waals surface area contributed by atoms with Gasteiger partial charge in [-0.3, -0.25) is 0 Å². The van der Waals surface area contributed by atoms with Crippen LogP contribution in [-0.4, -0.2) is 50.7 Å². The van der Waals surface area contributed by atoms with Crippen LogP contribution < -0.4 is 15.4 Å². The third-order valence-corrected chi connectivity index (χ3v) is 4.34. The summed E-state index contributed by atoms with van der Waals surface area (Å²) in [6.07, 6.45) is 5.17. The van der Waals surface area contributed by atoms with Crippen LogP contribution >= 0.6 is 0 Å². The van der Waals surface area contributed by atoms with Gasteiger partial charge in [-0.2, -0.15) is 0 Å². The topological polar surface area (TPSA) is 48.9 Å². The summed E-state index contributed by atoms with van der Waals surface area (Å²) < 4.78 is 5.38. The van der Waals surface area contributed by atoms with E-state index in [-0.39, 0.29) is 0 Å². The molecule has 0 atom stereocenters. The summed E-state index contributed by atoms with van der Waals surface area (Å²) in [6, 6.07) is 8.04. The minimum atomic E-state index is 0.618. The second-order valence-electron chi connectivity index (χ2n) is 6.19. The molecule has 2 rings (SSSR count). The zero-order chi connectivity index (χ0) is 17.0. The lowest BCUT2D eigenvalue weighted by molar-refractivity contribution is 0.330. The number of rotatable bonds is 9. The maximum atomic E-state index is 5.38. The molecule has 1 aliphatic heterocycles. The van der Waals surface area contributed by atoms with Crippen molar-refractivity contribution in [3.8, 4) is 5.75 Å². The Morgan fingerprint density at radius 3 is 2.71 bits per heavy atom. The number of guanidine groups is 1. The first-order chi connectivity index (χ1) is 11.8.